The van der Waals surface area contributed by atoms with Crippen molar-refractivity contribution >= 4 is 17.9 Å². The second-order valence-corrected chi connectivity index (χ2v) is 3.59. The molecule has 4 heteroatoms. The molecule has 0 aromatic heterocycles. The molecule has 15 heavy (non-hydrogen) atoms. The lowest BCUT2D eigenvalue weighted by molar-refractivity contribution is -0.107. The molecule has 0 unspecified atom stereocenters. The molecule has 1 aromatic carbocycles. The zero-order chi connectivity index (χ0) is 11.4. The smallest absolute Gasteiger partial charge is 0.141 e. The van der Waals surface area contributed by atoms with Crippen LogP contribution in [0.15, 0.2) is 6.07 Å². The van der Waals surface area contributed by atoms with Crippen LogP contribution in [0.3, 0.4) is 0 Å². The number of hydrogen-bond acceptors (Lipinski definition) is 2. The lowest BCUT2D eigenvalue weighted by Gasteiger charge is -2.13. The summed E-state index contributed by atoms with van der Waals surface area (Å²) in [5.41, 5.74) is 1.15. The highest BCUT2D eigenvalue weighted by Gasteiger charge is 2.14. The Bertz CT molecular complexity index is 377. The van der Waals surface area contributed by atoms with Gasteiger partial charge in [-0.3, -0.25) is 0 Å². The van der Waals surface area contributed by atoms with Gasteiger partial charge < -0.3 is 9.53 Å². The zero-order valence-electron chi connectivity index (χ0n) is 8.64. The van der Waals surface area contributed by atoms with Crippen molar-refractivity contribution in [1.29, 1.82) is 0 Å². The highest BCUT2D eigenvalue weighted by atomic mass is 35.5. The second-order valence-electron chi connectivity index (χ2n) is 3.18. The molecular weight excluding hydrogens is 219 g/mol. The van der Waals surface area contributed by atoms with Gasteiger partial charge in [0.2, 0.25) is 0 Å². The average Bonchev–Trinajstić information content (AvgIpc) is 2.21. The number of carbonyl (C=O) groups is 1. The van der Waals surface area contributed by atoms with Crippen molar-refractivity contribution in [3.05, 3.63) is 28.0 Å². The van der Waals surface area contributed by atoms with Gasteiger partial charge in [0.15, 0.2) is 0 Å². The number of halogens is 2. The van der Waals surface area contributed by atoms with E-state index in [0.717, 1.165) is 6.29 Å². The molecule has 1 rings (SSSR count). The number of methoxy groups -OCH3 is 1. The minimum atomic E-state index is -0.373. The van der Waals surface area contributed by atoms with Crippen molar-refractivity contribution in [3.8, 4) is 5.75 Å². The Morgan fingerprint density at radius 3 is 2.80 bits per heavy atom. The van der Waals surface area contributed by atoms with E-state index >= 15 is 0 Å². The van der Waals surface area contributed by atoms with Gasteiger partial charge in [-0.15, -0.1) is 0 Å². The number of aldehydes is 1. The maximum Gasteiger partial charge on any atom is 0.141 e. The summed E-state index contributed by atoms with van der Waals surface area (Å²) in [6, 6.07) is 1.22. The van der Waals surface area contributed by atoms with Gasteiger partial charge in [-0.1, -0.05) is 11.6 Å². The molecule has 0 aliphatic rings. The maximum atomic E-state index is 13.4. The van der Waals surface area contributed by atoms with E-state index in [1.807, 2.05) is 0 Å². The zero-order valence-corrected chi connectivity index (χ0v) is 9.40. The number of ether oxygens (including phenoxy) is 1. The van der Waals surface area contributed by atoms with Crippen LogP contribution < -0.4 is 4.74 Å². The second kappa shape index (κ2) is 5.12. The van der Waals surface area contributed by atoms with Gasteiger partial charge in [-0.05, 0) is 25.0 Å². The van der Waals surface area contributed by atoms with Crippen molar-refractivity contribution in [2.75, 3.05) is 7.11 Å². The molecule has 1 aromatic rings. The number of rotatable bonds is 4. The molecular formula is C11H12ClFO2. The van der Waals surface area contributed by atoms with E-state index in [2.05, 4.69) is 0 Å². The van der Waals surface area contributed by atoms with Crippen molar-refractivity contribution in [2.24, 2.45) is 0 Å². The average molecular weight is 231 g/mol. The molecule has 2 nitrogen and oxygen atoms in total. The minimum absolute atomic E-state index is 0.237. The van der Waals surface area contributed by atoms with Crippen LogP contribution in [0, 0.1) is 12.7 Å². The van der Waals surface area contributed by atoms with Gasteiger partial charge in [-0.25, -0.2) is 4.39 Å². The van der Waals surface area contributed by atoms with Crippen LogP contribution in [-0.4, -0.2) is 13.4 Å². The highest BCUT2D eigenvalue weighted by Crippen LogP contribution is 2.33. The monoisotopic (exact) mass is 230 g/mol. The van der Waals surface area contributed by atoms with Gasteiger partial charge >= 0.3 is 0 Å². The fourth-order valence-electron chi connectivity index (χ4n) is 1.47. The predicted octanol–water partition coefficient (Wildman–Crippen LogP) is 2.93. The fraction of sp³-hybridized carbons (Fsp3) is 0.364. The summed E-state index contributed by atoms with van der Waals surface area (Å²) in [7, 11) is 1.48. The number of hydrogen-bond donors (Lipinski definition) is 0. The molecule has 0 amide bonds. The Morgan fingerprint density at radius 2 is 2.27 bits per heavy atom. The van der Waals surface area contributed by atoms with E-state index < -0.39 is 0 Å². The summed E-state index contributed by atoms with van der Waals surface area (Å²) < 4.78 is 18.4. The molecule has 0 atom stereocenters. The first-order chi connectivity index (χ1) is 7.11. The molecule has 0 aliphatic carbocycles. The largest absolute Gasteiger partial charge is 0.495 e. The summed E-state index contributed by atoms with van der Waals surface area (Å²) in [6.07, 6.45) is 1.56. The Hall–Kier alpha value is -1.09. The van der Waals surface area contributed by atoms with Gasteiger partial charge in [0.1, 0.15) is 17.9 Å². The van der Waals surface area contributed by atoms with Gasteiger partial charge in [0.05, 0.1) is 12.1 Å². The Kier molecular flexibility index (Phi) is 4.09. The molecule has 82 valence electrons. The molecule has 0 bridgehead atoms. The van der Waals surface area contributed by atoms with Crippen LogP contribution in [0.5, 0.6) is 5.75 Å². The van der Waals surface area contributed by atoms with Crippen LogP contribution in [-0.2, 0) is 11.2 Å². The molecule has 0 aliphatic heterocycles. The minimum Gasteiger partial charge on any atom is -0.495 e. The summed E-state index contributed by atoms with van der Waals surface area (Å²) in [5, 5.41) is 0.237. The van der Waals surface area contributed by atoms with Crippen molar-refractivity contribution in [1.82, 2.24) is 0 Å². The summed E-state index contributed by atoms with van der Waals surface area (Å²) in [4.78, 5) is 10.3. The molecule has 0 heterocycles. The summed E-state index contributed by atoms with van der Waals surface area (Å²) >= 11 is 5.83. The Balaban J connectivity index is 3.23. The lowest BCUT2D eigenvalue weighted by atomic mass is 10.0. The fourth-order valence-corrected chi connectivity index (χ4v) is 1.76. The van der Waals surface area contributed by atoms with Crippen molar-refractivity contribution in [3.63, 3.8) is 0 Å². The van der Waals surface area contributed by atoms with Crippen LogP contribution in [0.4, 0.5) is 4.39 Å². The van der Waals surface area contributed by atoms with E-state index in [4.69, 9.17) is 16.3 Å². The van der Waals surface area contributed by atoms with Crippen molar-refractivity contribution < 1.29 is 13.9 Å². The molecule has 0 saturated carbocycles. The van der Waals surface area contributed by atoms with Gasteiger partial charge in [-0.2, -0.15) is 0 Å². The third-order valence-electron chi connectivity index (χ3n) is 2.27. The van der Waals surface area contributed by atoms with E-state index in [-0.39, 0.29) is 10.8 Å². The first-order valence-electron chi connectivity index (χ1n) is 4.57. The molecule has 0 N–H and O–H groups in total. The SMILES string of the molecule is COc1c(Cl)cc(F)c(C)c1CCC=O. The standard InChI is InChI=1S/C11H12ClFO2/c1-7-8(4-3-5-14)11(15-2)9(12)6-10(7)13/h5-6H,3-4H2,1-2H3. The van der Waals surface area contributed by atoms with Crippen LogP contribution in [0.25, 0.3) is 0 Å². The highest BCUT2D eigenvalue weighted by molar-refractivity contribution is 6.32. The molecule has 0 fully saturated rings. The van der Waals surface area contributed by atoms with E-state index in [0.29, 0.717) is 29.7 Å². The van der Waals surface area contributed by atoms with E-state index in [1.54, 1.807) is 6.92 Å². The quantitative estimate of drug-likeness (QED) is 0.744. The number of carbonyl (C=O) groups excluding carboxylic acids is 1. The van der Waals surface area contributed by atoms with Crippen LogP contribution in [0.1, 0.15) is 17.5 Å². The molecule has 0 spiro atoms. The predicted molar refractivity (Wildman–Crippen MR) is 57.1 cm³/mol. The normalized spacial score (nSPS) is 10.1. The Morgan fingerprint density at radius 1 is 1.60 bits per heavy atom. The van der Waals surface area contributed by atoms with E-state index in [1.165, 1.54) is 13.2 Å². The topological polar surface area (TPSA) is 26.3 Å². The van der Waals surface area contributed by atoms with Crippen molar-refractivity contribution in [2.45, 2.75) is 19.8 Å². The first-order valence-corrected chi connectivity index (χ1v) is 4.94. The molecule has 0 saturated heterocycles. The Labute approximate surface area is 93.0 Å². The third kappa shape index (κ3) is 2.48. The summed E-state index contributed by atoms with van der Waals surface area (Å²) in [6.45, 7) is 1.65. The lowest BCUT2D eigenvalue weighted by Crippen LogP contribution is -2.00. The maximum absolute atomic E-state index is 13.4. The number of benzene rings is 1. The first kappa shape index (κ1) is 12.0. The van der Waals surface area contributed by atoms with E-state index in [9.17, 15) is 9.18 Å². The van der Waals surface area contributed by atoms with Gasteiger partial charge in [0, 0.05) is 12.0 Å². The van der Waals surface area contributed by atoms with Crippen LogP contribution >= 0.6 is 11.6 Å². The van der Waals surface area contributed by atoms with Gasteiger partial charge in [0.25, 0.3) is 0 Å². The van der Waals surface area contributed by atoms with Crippen LogP contribution in [0.2, 0.25) is 5.02 Å². The summed E-state index contributed by atoms with van der Waals surface area (Å²) in [5.74, 6) is 0.0825. The third-order valence-corrected chi connectivity index (χ3v) is 2.55. The molecule has 0 radical (unpaired) electrons.